The molecule has 3 aromatic carbocycles. The summed E-state index contributed by atoms with van der Waals surface area (Å²) < 4.78 is 1.41. The zero-order valence-electron chi connectivity index (χ0n) is 17.5. The van der Waals surface area contributed by atoms with Gasteiger partial charge in [0.05, 0.1) is 5.39 Å². The van der Waals surface area contributed by atoms with Crippen LogP contribution in [0.5, 0.6) is 0 Å². The predicted octanol–water partition coefficient (Wildman–Crippen LogP) is 5.04. The van der Waals surface area contributed by atoms with Crippen LogP contribution in [0.15, 0.2) is 83.7 Å². The number of hydrogen-bond acceptors (Lipinski definition) is 3. The summed E-state index contributed by atoms with van der Waals surface area (Å²) >= 11 is 0. The van der Waals surface area contributed by atoms with Crippen LogP contribution in [0.1, 0.15) is 41.4 Å². The summed E-state index contributed by atoms with van der Waals surface area (Å²) in [6, 6.07) is 25.1. The van der Waals surface area contributed by atoms with Crippen molar-refractivity contribution in [2.45, 2.75) is 32.7 Å². The van der Waals surface area contributed by atoms with Crippen LogP contribution in [-0.2, 0) is 13.0 Å². The first-order valence-corrected chi connectivity index (χ1v) is 10.6. The average Bonchev–Trinajstić information content (AvgIpc) is 2.81. The Morgan fingerprint density at radius 3 is 2.35 bits per heavy atom. The summed E-state index contributed by atoms with van der Waals surface area (Å²) in [5, 5.41) is 8.54. The number of aromatic nitrogens is 2. The largest absolute Gasteiger partial charge is 0.320 e. The zero-order valence-corrected chi connectivity index (χ0v) is 17.5. The molecule has 0 radical (unpaired) electrons. The molecule has 0 aliphatic heterocycles. The van der Waals surface area contributed by atoms with E-state index >= 15 is 0 Å². The Bertz CT molecular complexity index is 1260. The molecule has 1 aromatic heterocycles. The third kappa shape index (κ3) is 4.56. The highest BCUT2D eigenvalue weighted by Crippen LogP contribution is 2.21. The maximum absolute atomic E-state index is 13.3. The van der Waals surface area contributed by atoms with E-state index in [9.17, 15) is 9.59 Å². The lowest BCUT2D eigenvalue weighted by molar-refractivity contribution is 0.102. The van der Waals surface area contributed by atoms with Crippen LogP contribution in [0.25, 0.3) is 10.8 Å². The fraction of sp³-hybridized carbons (Fsp3) is 0.192. The van der Waals surface area contributed by atoms with Crippen molar-refractivity contribution in [3.8, 4) is 0 Å². The van der Waals surface area contributed by atoms with E-state index in [1.165, 1.54) is 10.2 Å². The lowest BCUT2D eigenvalue weighted by atomic mass is 10.0. The Hall–Kier alpha value is -3.73. The molecule has 0 aliphatic carbocycles. The van der Waals surface area contributed by atoms with Gasteiger partial charge in [-0.2, -0.15) is 5.10 Å². The van der Waals surface area contributed by atoms with Gasteiger partial charge in [0.1, 0.15) is 0 Å². The molecule has 1 N–H and O–H groups in total. The fourth-order valence-corrected chi connectivity index (χ4v) is 3.66. The smallest absolute Gasteiger partial charge is 0.276 e. The van der Waals surface area contributed by atoms with Gasteiger partial charge in [0.25, 0.3) is 11.5 Å². The second-order valence-corrected chi connectivity index (χ2v) is 7.55. The summed E-state index contributed by atoms with van der Waals surface area (Å²) in [6.07, 6.45) is 2.48. The third-order valence-corrected chi connectivity index (χ3v) is 5.31. The molecule has 4 aromatic rings. The first-order chi connectivity index (χ1) is 15.2. The quantitative estimate of drug-likeness (QED) is 0.463. The number of unbranched alkanes of at least 4 members (excludes halogenated alkanes) is 1. The van der Waals surface area contributed by atoms with Gasteiger partial charge in [-0.15, -0.1) is 0 Å². The van der Waals surface area contributed by atoms with E-state index in [0.717, 1.165) is 24.1 Å². The second-order valence-electron chi connectivity index (χ2n) is 7.55. The Balaban J connectivity index is 1.70. The number of para-hydroxylation sites is 1. The summed E-state index contributed by atoms with van der Waals surface area (Å²) in [5.41, 5.74) is 3.03. The van der Waals surface area contributed by atoms with Crippen LogP contribution < -0.4 is 10.9 Å². The number of carbonyl (C=O) groups is 1. The number of rotatable bonds is 7. The Labute approximate surface area is 181 Å². The fourth-order valence-electron chi connectivity index (χ4n) is 3.66. The van der Waals surface area contributed by atoms with Gasteiger partial charge in [0.15, 0.2) is 5.69 Å². The summed E-state index contributed by atoms with van der Waals surface area (Å²) in [5.74, 6) is -0.318. The molecule has 0 saturated carbocycles. The minimum Gasteiger partial charge on any atom is -0.320 e. The maximum Gasteiger partial charge on any atom is 0.276 e. The Morgan fingerprint density at radius 2 is 1.58 bits per heavy atom. The van der Waals surface area contributed by atoms with Crippen molar-refractivity contribution < 1.29 is 4.79 Å². The monoisotopic (exact) mass is 411 g/mol. The van der Waals surface area contributed by atoms with E-state index in [1.54, 1.807) is 12.1 Å². The highest BCUT2D eigenvalue weighted by molar-refractivity contribution is 6.11. The number of nitrogens with zero attached hydrogens (tertiary/aromatic N) is 2. The molecule has 0 unspecified atom stereocenters. The first-order valence-electron chi connectivity index (χ1n) is 10.6. The minimum atomic E-state index is -0.318. The van der Waals surface area contributed by atoms with Gasteiger partial charge >= 0.3 is 0 Å². The van der Waals surface area contributed by atoms with Crippen LogP contribution in [0, 0.1) is 0 Å². The van der Waals surface area contributed by atoms with Crippen molar-refractivity contribution in [1.82, 2.24) is 9.78 Å². The number of fused-ring (bicyclic) bond motifs is 1. The number of nitrogens with one attached hydrogen (secondary N) is 1. The lowest BCUT2D eigenvalue weighted by Gasteiger charge is -2.13. The molecule has 5 heteroatoms. The number of carbonyl (C=O) groups excluding carboxylic acids is 1. The highest BCUT2D eigenvalue weighted by Gasteiger charge is 2.17. The first kappa shape index (κ1) is 20.5. The predicted molar refractivity (Wildman–Crippen MR) is 125 cm³/mol. The summed E-state index contributed by atoms with van der Waals surface area (Å²) in [6.45, 7) is 2.55. The van der Waals surface area contributed by atoms with E-state index in [1.807, 2.05) is 54.6 Å². The summed E-state index contributed by atoms with van der Waals surface area (Å²) in [4.78, 5) is 26.1. The van der Waals surface area contributed by atoms with Gasteiger partial charge in [-0.1, -0.05) is 80.1 Å². The molecule has 0 atom stereocenters. The van der Waals surface area contributed by atoms with Crippen LogP contribution in [0.2, 0.25) is 0 Å². The van der Waals surface area contributed by atoms with E-state index in [4.69, 9.17) is 0 Å². The van der Waals surface area contributed by atoms with Crippen molar-refractivity contribution in [3.05, 3.63) is 106 Å². The van der Waals surface area contributed by atoms with E-state index < -0.39 is 0 Å². The molecule has 1 amide bonds. The lowest BCUT2D eigenvalue weighted by Crippen LogP contribution is -2.28. The third-order valence-electron chi connectivity index (χ3n) is 5.31. The zero-order chi connectivity index (χ0) is 21.6. The summed E-state index contributed by atoms with van der Waals surface area (Å²) in [7, 11) is 0. The molecule has 1 heterocycles. The molecule has 31 heavy (non-hydrogen) atoms. The van der Waals surface area contributed by atoms with Gasteiger partial charge in [-0.25, -0.2) is 4.68 Å². The normalized spacial score (nSPS) is 10.9. The maximum atomic E-state index is 13.3. The van der Waals surface area contributed by atoms with Gasteiger partial charge < -0.3 is 5.32 Å². The van der Waals surface area contributed by atoms with Gasteiger partial charge in [0.2, 0.25) is 0 Å². The van der Waals surface area contributed by atoms with Crippen molar-refractivity contribution in [1.29, 1.82) is 0 Å². The molecule has 0 aliphatic rings. The second kappa shape index (κ2) is 9.39. The van der Waals surface area contributed by atoms with Gasteiger partial charge in [-0.3, -0.25) is 9.59 Å². The van der Waals surface area contributed by atoms with Crippen molar-refractivity contribution >= 4 is 22.4 Å². The van der Waals surface area contributed by atoms with Crippen LogP contribution in [0.4, 0.5) is 5.69 Å². The molecule has 156 valence electrons. The molecular weight excluding hydrogens is 386 g/mol. The SMILES string of the molecule is CCCCn1nc(C(=O)Nc2ccccc2Cc2ccccc2)c2ccccc2c1=O. The number of hydrogen-bond donors (Lipinski definition) is 1. The van der Waals surface area contributed by atoms with Crippen molar-refractivity contribution in [2.75, 3.05) is 5.32 Å². The topological polar surface area (TPSA) is 64.0 Å². The van der Waals surface area contributed by atoms with E-state index in [2.05, 4.69) is 29.5 Å². The molecule has 0 fully saturated rings. The van der Waals surface area contributed by atoms with Crippen molar-refractivity contribution in [2.24, 2.45) is 0 Å². The molecule has 0 bridgehead atoms. The molecule has 0 saturated heterocycles. The molecule has 5 nitrogen and oxygen atoms in total. The number of benzene rings is 3. The average molecular weight is 412 g/mol. The number of aryl methyl sites for hydroxylation is 1. The molecule has 4 rings (SSSR count). The van der Waals surface area contributed by atoms with Crippen LogP contribution >= 0.6 is 0 Å². The van der Waals surface area contributed by atoms with Crippen LogP contribution in [-0.4, -0.2) is 15.7 Å². The van der Waals surface area contributed by atoms with E-state index in [0.29, 0.717) is 23.7 Å². The number of anilines is 1. The molecule has 0 spiro atoms. The van der Waals surface area contributed by atoms with Crippen LogP contribution in [0.3, 0.4) is 0 Å². The van der Waals surface area contributed by atoms with E-state index in [-0.39, 0.29) is 17.2 Å². The van der Waals surface area contributed by atoms with Gasteiger partial charge in [0, 0.05) is 17.6 Å². The molecular formula is C26H25N3O2. The number of amides is 1. The highest BCUT2D eigenvalue weighted by atomic mass is 16.2. The Morgan fingerprint density at radius 1 is 0.903 bits per heavy atom. The van der Waals surface area contributed by atoms with Crippen molar-refractivity contribution in [3.63, 3.8) is 0 Å². The van der Waals surface area contributed by atoms with Gasteiger partial charge in [-0.05, 0) is 36.1 Å². The minimum absolute atomic E-state index is 0.162. The standard InChI is InChI=1S/C26H25N3O2/c1-2-3-17-29-26(31)22-15-9-8-14-21(22)24(28-29)25(30)27-23-16-10-7-13-20(23)18-19-11-5-4-6-12-19/h4-16H,2-3,17-18H2,1H3,(H,27,30). The Kier molecular flexibility index (Phi) is 6.22.